The molecular formula is C23H27ClCuN4O6. The summed E-state index contributed by atoms with van der Waals surface area (Å²) in [6, 6.07) is 16.5. The van der Waals surface area contributed by atoms with Crippen molar-refractivity contribution in [3.63, 3.8) is 0 Å². The van der Waals surface area contributed by atoms with E-state index < -0.39 is 10.2 Å². The van der Waals surface area contributed by atoms with E-state index in [1.807, 2.05) is 57.4 Å². The third-order valence-corrected chi connectivity index (χ3v) is 4.06. The van der Waals surface area contributed by atoms with E-state index in [-0.39, 0.29) is 22.8 Å². The van der Waals surface area contributed by atoms with Crippen molar-refractivity contribution in [1.29, 1.82) is 0 Å². The van der Waals surface area contributed by atoms with Gasteiger partial charge in [-0.15, -0.1) is 10.2 Å². The first-order chi connectivity index (χ1) is 16.0. The summed E-state index contributed by atoms with van der Waals surface area (Å²) in [4.78, 5) is 14.8. The van der Waals surface area contributed by atoms with Gasteiger partial charge in [0.05, 0.1) is 25.0 Å². The zero-order valence-electron chi connectivity index (χ0n) is 19.7. The number of benzene rings is 1. The third kappa shape index (κ3) is 15.1. The molecule has 12 heteroatoms. The van der Waals surface area contributed by atoms with Gasteiger partial charge in [0.2, 0.25) is 0 Å². The molecule has 0 atom stereocenters. The van der Waals surface area contributed by atoms with Crippen molar-refractivity contribution in [3.8, 4) is 22.9 Å². The number of nitrogens with zero attached hydrogens (tertiary/aromatic N) is 4. The monoisotopic (exact) mass is 553 g/mol. The van der Waals surface area contributed by atoms with Gasteiger partial charge in [0.1, 0.15) is 5.75 Å². The molecule has 193 valence electrons. The van der Waals surface area contributed by atoms with Gasteiger partial charge in [0.15, 0.2) is 0 Å². The molecule has 1 radical (unpaired) electrons. The molecule has 3 aromatic rings. The minimum atomic E-state index is -4.94. The Morgan fingerprint density at radius 1 is 0.943 bits per heavy atom. The van der Waals surface area contributed by atoms with Gasteiger partial charge in [-0.1, -0.05) is 23.9 Å². The van der Waals surface area contributed by atoms with E-state index in [0.717, 1.165) is 23.6 Å². The first-order valence-electron chi connectivity index (χ1n) is 9.96. The largest absolute Gasteiger partial charge is 2.00 e. The molecule has 0 saturated heterocycles. The molecule has 3 rings (SSSR count). The summed E-state index contributed by atoms with van der Waals surface area (Å²) >= 11 is 0. The third-order valence-electron chi connectivity index (χ3n) is 4.06. The summed E-state index contributed by atoms with van der Waals surface area (Å²) in [6.07, 6.45) is 3.54. The Labute approximate surface area is 217 Å². The van der Waals surface area contributed by atoms with Crippen molar-refractivity contribution in [3.05, 3.63) is 72.6 Å². The molecule has 0 fully saturated rings. The van der Waals surface area contributed by atoms with Gasteiger partial charge in [-0.3, -0.25) is 15.0 Å². The van der Waals surface area contributed by atoms with E-state index in [1.54, 1.807) is 31.6 Å². The molecule has 35 heavy (non-hydrogen) atoms. The number of aliphatic imine (C=N–C) groups is 1. The van der Waals surface area contributed by atoms with Crippen LogP contribution in [0.1, 0.15) is 12.5 Å². The Morgan fingerprint density at radius 3 is 1.86 bits per heavy atom. The van der Waals surface area contributed by atoms with Gasteiger partial charge >= 0.3 is 17.1 Å². The summed E-state index contributed by atoms with van der Waals surface area (Å²) in [6.45, 7) is 3.41. The number of pyridine rings is 2. The van der Waals surface area contributed by atoms with Crippen molar-refractivity contribution >= 4 is 5.71 Å². The predicted octanol–water partition coefficient (Wildman–Crippen LogP) is -1.48. The molecule has 1 aromatic carbocycles. The average Bonchev–Trinajstić information content (AvgIpc) is 2.79. The molecule has 2 heterocycles. The Kier molecular flexibility index (Phi) is 15.7. The summed E-state index contributed by atoms with van der Waals surface area (Å²) in [5, 5.41) is 11.7. The Balaban J connectivity index is 0.000000559. The topological polar surface area (TPSA) is 166 Å². The maximum atomic E-state index is 11.7. The average molecular weight is 554 g/mol. The number of ether oxygens (including phenoxy) is 1. The molecule has 0 aliphatic rings. The normalized spacial score (nSPS) is 10.8. The second-order valence-electron chi connectivity index (χ2n) is 6.94. The molecular weight excluding hydrogens is 527 g/mol. The Bertz CT molecular complexity index is 962. The molecule has 0 aliphatic heterocycles. The number of aromatic nitrogens is 2. The smallest absolute Gasteiger partial charge is 0.872 e. The summed E-state index contributed by atoms with van der Waals surface area (Å²) in [5.74, 6) is 0.665. The maximum Gasteiger partial charge on any atom is 2.00 e. The van der Waals surface area contributed by atoms with Crippen LogP contribution in [0, 0.1) is 10.2 Å². The molecule has 0 saturated carbocycles. The zero-order valence-corrected chi connectivity index (χ0v) is 21.4. The zero-order chi connectivity index (χ0) is 25.6. The van der Waals surface area contributed by atoms with Crippen LogP contribution in [-0.2, 0) is 17.1 Å². The van der Waals surface area contributed by atoms with E-state index in [0.29, 0.717) is 17.9 Å². The predicted molar refractivity (Wildman–Crippen MR) is 116 cm³/mol. The first kappa shape index (κ1) is 32.4. The number of rotatable bonds is 6. The van der Waals surface area contributed by atoms with Crippen LogP contribution < -0.4 is 28.5 Å². The van der Waals surface area contributed by atoms with Crippen LogP contribution in [0.15, 0.2) is 72.0 Å². The second-order valence-corrected chi connectivity index (χ2v) is 7.70. The Morgan fingerprint density at radius 2 is 1.46 bits per heavy atom. The van der Waals surface area contributed by atoms with Gasteiger partial charge in [0, 0.05) is 24.7 Å². The van der Waals surface area contributed by atoms with Crippen molar-refractivity contribution in [1.82, 2.24) is 14.9 Å². The van der Waals surface area contributed by atoms with Crippen LogP contribution in [-0.4, -0.2) is 54.9 Å². The molecule has 0 bridgehead atoms. The van der Waals surface area contributed by atoms with Crippen LogP contribution in [0.25, 0.3) is 11.4 Å². The summed E-state index contributed by atoms with van der Waals surface area (Å²) in [5.41, 5.74) is 3.20. The van der Waals surface area contributed by atoms with E-state index in [2.05, 4.69) is 19.9 Å². The number of halogens is 1. The molecule has 0 spiro atoms. The minimum absolute atomic E-state index is 0. The van der Waals surface area contributed by atoms with E-state index in [9.17, 15) is 5.11 Å². The van der Waals surface area contributed by atoms with Crippen molar-refractivity contribution in [2.24, 2.45) is 4.99 Å². The molecule has 0 aliphatic carbocycles. The van der Waals surface area contributed by atoms with Crippen LogP contribution in [0.2, 0.25) is 0 Å². The quantitative estimate of drug-likeness (QED) is 0.261. The number of likely N-dealkylation sites (N-methyl/N-ethyl adjacent to an activating group) is 1. The van der Waals surface area contributed by atoms with E-state index >= 15 is 0 Å². The van der Waals surface area contributed by atoms with Crippen LogP contribution in [0.4, 0.5) is 0 Å². The fourth-order valence-electron chi connectivity index (χ4n) is 2.45. The van der Waals surface area contributed by atoms with Crippen molar-refractivity contribution in [2.45, 2.75) is 6.92 Å². The number of methoxy groups -OCH3 is 1. The van der Waals surface area contributed by atoms with E-state index in [1.165, 1.54) is 6.07 Å². The van der Waals surface area contributed by atoms with E-state index in [4.69, 9.17) is 23.4 Å². The molecule has 2 aromatic heterocycles. The maximum absolute atomic E-state index is 11.7. The molecule has 0 amide bonds. The first-order valence-corrected chi connectivity index (χ1v) is 11.2. The fraction of sp³-hybridized carbons (Fsp3) is 0.261. The van der Waals surface area contributed by atoms with Crippen molar-refractivity contribution in [2.75, 3.05) is 34.3 Å². The molecule has 0 N–H and O–H groups in total. The number of hydrogen-bond donors (Lipinski definition) is 0. The van der Waals surface area contributed by atoms with Gasteiger partial charge in [-0.05, 0) is 63.0 Å². The van der Waals surface area contributed by atoms with Gasteiger partial charge in [-0.2, -0.15) is 0 Å². The van der Waals surface area contributed by atoms with Gasteiger partial charge < -0.3 is 14.7 Å². The van der Waals surface area contributed by atoms with Crippen LogP contribution in [0.5, 0.6) is 11.5 Å². The van der Waals surface area contributed by atoms with Gasteiger partial charge in [0.25, 0.3) is 0 Å². The minimum Gasteiger partial charge on any atom is -0.872 e. The van der Waals surface area contributed by atoms with Crippen LogP contribution in [0.3, 0.4) is 0 Å². The standard InChI is InChI=1S/C13H20N2O2.C10H8N2.ClHO4.Cu/c1-10(14-7-8-15(2)3)12-9-11(17-4)5-6-13(12)16;1-3-7-11-9(5-1)10-6-2-4-8-12-10;2-1(3,4)5;/h5-6,9,16H,7-8H2,1-4H3;1-8H;(H,2,3,4,5);/q;;;+2/p-2. The molecule has 0 unspecified atom stereocenters. The Hall–Kier alpha value is -2.60. The fourth-order valence-corrected chi connectivity index (χ4v) is 2.45. The SMILES string of the molecule is COc1ccc([O-])c(C(C)=NCCN(C)C)c1.[Cu+2].[O-][Cl+3]([O-])([O-])[O-].c1ccc(-c2ccccn2)nc1. The van der Waals surface area contributed by atoms with Crippen molar-refractivity contribution < 1.29 is 55.8 Å². The summed E-state index contributed by atoms with van der Waals surface area (Å²) < 4.78 is 39.1. The second kappa shape index (κ2) is 16.9. The van der Waals surface area contributed by atoms with Crippen LogP contribution >= 0.6 is 0 Å². The summed E-state index contributed by atoms with van der Waals surface area (Å²) in [7, 11) is 0.632. The number of hydrogen-bond acceptors (Lipinski definition) is 10. The van der Waals surface area contributed by atoms with Gasteiger partial charge in [-0.25, -0.2) is 18.6 Å². The molecule has 10 nitrogen and oxygen atoms in total.